The van der Waals surface area contributed by atoms with Gasteiger partial charge in [-0.1, -0.05) is 12.1 Å². The summed E-state index contributed by atoms with van der Waals surface area (Å²) in [6.07, 6.45) is 3.43. The van der Waals surface area contributed by atoms with Gasteiger partial charge < -0.3 is 4.74 Å². The molecular weight excluding hydrogens is 277 g/mol. The van der Waals surface area contributed by atoms with Gasteiger partial charge in [0.15, 0.2) is 5.82 Å². The van der Waals surface area contributed by atoms with Gasteiger partial charge in [0.25, 0.3) is 0 Å². The molecular formula is C14H18FN3OS. The van der Waals surface area contributed by atoms with Gasteiger partial charge in [-0.05, 0) is 18.4 Å². The van der Waals surface area contributed by atoms with Crippen LogP contribution in [-0.4, -0.2) is 40.5 Å². The lowest BCUT2D eigenvalue weighted by molar-refractivity contribution is 0.200. The zero-order valence-electron chi connectivity index (χ0n) is 11.7. The Morgan fingerprint density at radius 2 is 2.10 bits per heavy atom. The van der Waals surface area contributed by atoms with Crippen molar-refractivity contribution < 1.29 is 9.13 Å². The third kappa shape index (κ3) is 3.58. The molecule has 0 unspecified atom stereocenters. The molecule has 2 aromatic rings. The summed E-state index contributed by atoms with van der Waals surface area (Å²) in [5.41, 5.74) is 0.444. The van der Waals surface area contributed by atoms with E-state index in [2.05, 4.69) is 10.1 Å². The van der Waals surface area contributed by atoms with Crippen LogP contribution in [0.4, 0.5) is 4.39 Å². The Labute approximate surface area is 122 Å². The Bertz CT molecular complexity index is 559. The summed E-state index contributed by atoms with van der Waals surface area (Å²) in [4.78, 5) is 4.49. The highest BCUT2D eigenvalue weighted by atomic mass is 32.2. The molecule has 4 nitrogen and oxygen atoms in total. The second-order valence-electron chi connectivity index (χ2n) is 4.29. The molecule has 108 valence electrons. The number of aromatic nitrogens is 3. The lowest BCUT2D eigenvalue weighted by Crippen LogP contribution is -2.06. The summed E-state index contributed by atoms with van der Waals surface area (Å²) >= 11 is 1.73. The number of hydrogen-bond acceptors (Lipinski definition) is 4. The van der Waals surface area contributed by atoms with Crippen LogP contribution in [0.25, 0.3) is 5.69 Å². The highest BCUT2D eigenvalue weighted by Gasteiger charge is 2.13. The van der Waals surface area contributed by atoms with E-state index >= 15 is 0 Å². The zero-order chi connectivity index (χ0) is 14.4. The number of hydrogen-bond donors (Lipinski definition) is 0. The van der Waals surface area contributed by atoms with Crippen LogP contribution < -0.4 is 0 Å². The number of rotatable bonds is 7. The van der Waals surface area contributed by atoms with Crippen molar-refractivity contribution in [2.45, 2.75) is 12.8 Å². The maximum Gasteiger partial charge on any atom is 0.153 e. The third-order valence-corrected chi connectivity index (χ3v) is 3.47. The highest BCUT2D eigenvalue weighted by molar-refractivity contribution is 7.98. The maximum absolute atomic E-state index is 13.9. The first kappa shape index (κ1) is 15.0. The summed E-state index contributed by atoms with van der Waals surface area (Å²) in [7, 11) is 1.64. The van der Waals surface area contributed by atoms with E-state index in [9.17, 15) is 4.39 Å². The topological polar surface area (TPSA) is 39.9 Å². The molecule has 0 spiro atoms. The third-order valence-electron chi connectivity index (χ3n) is 2.86. The van der Waals surface area contributed by atoms with Gasteiger partial charge in [-0.15, -0.1) is 0 Å². The molecule has 2 rings (SSSR count). The molecule has 1 heterocycles. The van der Waals surface area contributed by atoms with Crippen molar-refractivity contribution in [2.24, 2.45) is 0 Å². The summed E-state index contributed by atoms with van der Waals surface area (Å²) in [5, 5.41) is 4.41. The molecule has 0 aliphatic heterocycles. The summed E-state index contributed by atoms with van der Waals surface area (Å²) < 4.78 is 20.6. The van der Waals surface area contributed by atoms with Crippen LogP contribution in [0.1, 0.15) is 11.6 Å². The summed E-state index contributed by atoms with van der Waals surface area (Å²) in [6, 6.07) is 6.62. The minimum absolute atomic E-state index is 0.291. The van der Waals surface area contributed by atoms with E-state index in [1.54, 1.807) is 41.8 Å². The van der Waals surface area contributed by atoms with Crippen molar-refractivity contribution >= 4 is 11.8 Å². The first-order chi connectivity index (χ1) is 9.76. The first-order valence-electron chi connectivity index (χ1n) is 6.44. The number of halogens is 1. The van der Waals surface area contributed by atoms with E-state index in [0.29, 0.717) is 24.5 Å². The second-order valence-corrected chi connectivity index (χ2v) is 5.28. The highest BCUT2D eigenvalue weighted by Crippen LogP contribution is 2.15. The van der Waals surface area contributed by atoms with Crippen LogP contribution in [-0.2, 0) is 17.6 Å². The van der Waals surface area contributed by atoms with E-state index in [-0.39, 0.29) is 5.82 Å². The molecule has 0 amide bonds. The van der Waals surface area contributed by atoms with Gasteiger partial charge in [-0.2, -0.15) is 16.9 Å². The zero-order valence-corrected chi connectivity index (χ0v) is 12.5. The van der Waals surface area contributed by atoms with E-state index in [1.165, 1.54) is 6.07 Å². The predicted octanol–water partition coefficient (Wildman–Crippen LogP) is 2.50. The molecule has 0 atom stereocenters. The molecule has 0 saturated heterocycles. The molecule has 20 heavy (non-hydrogen) atoms. The van der Waals surface area contributed by atoms with Crippen LogP contribution in [0.15, 0.2) is 24.3 Å². The van der Waals surface area contributed by atoms with Gasteiger partial charge in [0, 0.05) is 25.7 Å². The Balaban J connectivity index is 2.33. The van der Waals surface area contributed by atoms with Crippen LogP contribution in [0, 0.1) is 5.82 Å². The number of aryl methyl sites for hydroxylation is 1. The lowest BCUT2D eigenvalue weighted by atomic mass is 10.3. The fourth-order valence-electron chi connectivity index (χ4n) is 1.86. The minimum atomic E-state index is -0.291. The van der Waals surface area contributed by atoms with Crippen molar-refractivity contribution in [1.82, 2.24) is 14.8 Å². The van der Waals surface area contributed by atoms with Crippen molar-refractivity contribution in [3.05, 3.63) is 41.7 Å². The molecule has 0 aliphatic rings. The van der Waals surface area contributed by atoms with Gasteiger partial charge in [0.2, 0.25) is 0 Å². The summed E-state index contributed by atoms with van der Waals surface area (Å²) in [5.74, 6) is 2.11. The Hall–Kier alpha value is -1.40. The Morgan fingerprint density at radius 1 is 1.30 bits per heavy atom. The van der Waals surface area contributed by atoms with E-state index in [0.717, 1.165) is 18.0 Å². The first-order valence-corrected chi connectivity index (χ1v) is 7.83. The van der Waals surface area contributed by atoms with E-state index in [4.69, 9.17) is 4.74 Å². The van der Waals surface area contributed by atoms with Crippen molar-refractivity contribution in [2.75, 3.05) is 25.7 Å². The van der Waals surface area contributed by atoms with Crippen molar-refractivity contribution in [1.29, 1.82) is 0 Å². The molecule has 1 aromatic heterocycles. The number of thioether (sulfide) groups is 1. The normalized spacial score (nSPS) is 10.9. The van der Waals surface area contributed by atoms with Gasteiger partial charge in [-0.25, -0.2) is 14.1 Å². The van der Waals surface area contributed by atoms with Gasteiger partial charge in [0.1, 0.15) is 17.3 Å². The SMILES string of the molecule is COCCc1nc(CCSC)n(-c2ccccc2F)n1. The number of ether oxygens (including phenoxy) is 1. The molecule has 0 bridgehead atoms. The Morgan fingerprint density at radius 3 is 2.80 bits per heavy atom. The smallest absolute Gasteiger partial charge is 0.153 e. The van der Waals surface area contributed by atoms with Crippen LogP contribution >= 0.6 is 11.8 Å². The minimum Gasteiger partial charge on any atom is -0.384 e. The van der Waals surface area contributed by atoms with Gasteiger partial charge in [0.05, 0.1) is 6.61 Å². The van der Waals surface area contributed by atoms with Gasteiger partial charge in [-0.3, -0.25) is 0 Å². The fourth-order valence-corrected chi connectivity index (χ4v) is 2.25. The van der Waals surface area contributed by atoms with Crippen LogP contribution in [0.5, 0.6) is 0 Å². The molecule has 1 aromatic carbocycles. The molecule has 0 radical (unpaired) electrons. The predicted molar refractivity (Wildman–Crippen MR) is 79.0 cm³/mol. The summed E-state index contributed by atoms with van der Waals surface area (Å²) in [6.45, 7) is 0.559. The van der Waals surface area contributed by atoms with E-state index in [1.807, 2.05) is 6.26 Å². The average Bonchev–Trinajstić information content (AvgIpc) is 2.86. The standard InChI is InChI=1S/C14H18FN3OS/c1-19-9-7-13-16-14(8-10-20-2)18(17-13)12-6-4-3-5-11(12)15/h3-6H,7-10H2,1-2H3. The molecule has 0 N–H and O–H groups in total. The molecule has 0 aliphatic carbocycles. The molecule has 0 fully saturated rings. The number of benzene rings is 1. The van der Waals surface area contributed by atoms with Gasteiger partial charge >= 0.3 is 0 Å². The van der Waals surface area contributed by atoms with Crippen LogP contribution in [0.3, 0.4) is 0 Å². The monoisotopic (exact) mass is 295 g/mol. The average molecular weight is 295 g/mol. The molecule has 6 heteroatoms. The second kappa shape index (κ2) is 7.40. The largest absolute Gasteiger partial charge is 0.384 e. The maximum atomic E-state index is 13.9. The van der Waals surface area contributed by atoms with Crippen LogP contribution in [0.2, 0.25) is 0 Å². The number of para-hydroxylation sites is 1. The van der Waals surface area contributed by atoms with E-state index < -0.39 is 0 Å². The van der Waals surface area contributed by atoms with Crippen molar-refractivity contribution in [3.8, 4) is 5.69 Å². The number of nitrogens with zero attached hydrogens (tertiary/aromatic N) is 3. The van der Waals surface area contributed by atoms with Crippen molar-refractivity contribution in [3.63, 3.8) is 0 Å². The molecule has 0 saturated carbocycles. The fraction of sp³-hybridized carbons (Fsp3) is 0.429. The Kier molecular flexibility index (Phi) is 5.55. The number of methoxy groups -OCH3 is 1. The quantitative estimate of drug-likeness (QED) is 0.787. The lowest BCUT2D eigenvalue weighted by Gasteiger charge is -2.06.